The molecule has 0 aliphatic heterocycles. The first kappa shape index (κ1) is 13.4. The maximum Gasteiger partial charge on any atom is -0.0295 e. The van der Waals surface area contributed by atoms with Crippen LogP contribution in [0.1, 0.15) is 85.0 Å². The van der Waals surface area contributed by atoms with Gasteiger partial charge in [-0.1, -0.05) is 65.7 Å². The normalized spacial score (nSPS) is 34.4. The lowest BCUT2D eigenvalue weighted by atomic mass is 9.45. The highest BCUT2D eigenvalue weighted by atomic mass is 14.6. The average Bonchev–Trinajstić information content (AvgIpc) is 2.33. The van der Waals surface area contributed by atoms with Gasteiger partial charge >= 0.3 is 0 Å². The van der Waals surface area contributed by atoms with E-state index in [9.17, 15) is 0 Å². The lowest BCUT2D eigenvalue weighted by molar-refractivity contribution is -0.107. The van der Waals surface area contributed by atoms with Crippen molar-refractivity contribution >= 4 is 0 Å². The van der Waals surface area contributed by atoms with Crippen molar-refractivity contribution in [2.24, 2.45) is 23.2 Å². The number of fused-ring (bicyclic) bond motifs is 2. The zero-order valence-corrected chi connectivity index (χ0v) is 12.3. The monoisotopic (exact) mass is 236 g/mol. The van der Waals surface area contributed by atoms with Crippen molar-refractivity contribution < 1.29 is 0 Å². The lowest BCUT2D eigenvalue weighted by Crippen LogP contribution is -2.52. The summed E-state index contributed by atoms with van der Waals surface area (Å²) in [6.45, 7) is 7.36. The molecule has 0 nitrogen and oxygen atoms in total. The quantitative estimate of drug-likeness (QED) is 0.489. The molecule has 0 heterocycles. The largest absolute Gasteiger partial charge is 0.0654 e. The van der Waals surface area contributed by atoms with E-state index < -0.39 is 0 Å². The Kier molecular flexibility index (Phi) is 4.55. The average molecular weight is 236 g/mol. The Morgan fingerprint density at radius 3 is 2.29 bits per heavy atom. The van der Waals surface area contributed by atoms with Gasteiger partial charge in [-0.25, -0.2) is 0 Å². The molecule has 3 fully saturated rings. The minimum absolute atomic E-state index is 0.700. The molecule has 100 valence electrons. The van der Waals surface area contributed by atoms with E-state index in [1.165, 1.54) is 51.4 Å². The summed E-state index contributed by atoms with van der Waals surface area (Å²) in [4.78, 5) is 0. The highest BCUT2D eigenvalue weighted by Crippen LogP contribution is 2.62. The molecule has 3 rings (SSSR count). The zero-order valence-electron chi connectivity index (χ0n) is 12.3. The maximum atomic E-state index is 2.53. The summed E-state index contributed by atoms with van der Waals surface area (Å²) in [6, 6.07) is 0. The molecule has 0 N–H and O–H groups in total. The Bertz CT molecular complexity index is 226. The molecule has 17 heavy (non-hydrogen) atoms. The fourth-order valence-corrected chi connectivity index (χ4v) is 4.49. The van der Waals surface area contributed by atoms with Gasteiger partial charge in [-0.3, -0.25) is 0 Å². The summed E-state index contributed by atoms with van der Waals surface area (Å²) >= 11 is 0. The van der Waals surface area contributed by atoms with Gasteiger partial charge in [0.1, 0.15) is 0 Å². The number of unbranched alkanes of at least 4 members (excludes halogenated alkanes) is 5. The Morgan fingerprint density at radius 2 is 1.65 bits per heavy atom. The van der Waals surface area contributed by atoms with E-state index in [1.807, 2.05) is 0 Å². The van der Waals surface area contributed by atoms with Crippen LogP contribution >= 0.6 is 0 Å². The Morgan fingerprint density at radius 1 is 0.941 bits per heavy atom. The van der Waals surface area contributed by atoms with Crippen molar-refractivity contribution in [2.45, 2.75) is 85.0 Å². The van der Waals surface area contributed by atoms with E-state index in [1.54, 1.807) is 12.8 Å². The van der Waals surface area contributed by atoms with Gasteiger partial charge in [0, 0.05) is 0 Å². The zero-order chi connectivity index (χ0) is 12.3. The Hall–Kier alpha value is 0. The molecule has 1 unspecified atom stereocenters. The van der Waals surface area contributed by atoms with Crippen LogP contribution in [0, 0.1) is 23.2 Å². The number of hydrogen-bond donors (Lipinski definition) is 0. The first-order valence-corrected chi connectivity index (χ1v) is 8.16. The molecule has 2 bridgehead atoms. The van der Waals surface area contributed by atoms with Crippen LogP contribution in [0.15, 0.2) is 0 Å². The predicted octanol–water partition coefficient (Wildman–Crippen LogP) is 5.81. The molecule has 0 aromatic heterocycles. The summed E-state index contributed by atoms with van der Waals surface area (Å²) in [6.07, 6.45) is 15.0. The first-order valence-electron chi connectivity index (χ1n) is 8.16. The van der Waals surface area contributed by atoms with Gasteiger partial charge in [-0.05, 0) is 42.4 Å². The molecule has 3 aliphatic carbocycles. The molecule has 3 atom stereocenters. The second kappa shape index (κ2) is 5.76. The van der Waals surface area contributed by atoms with Crippen LogP contribution in [-0.4, -0.2) is 0 Å². The van der Waals surface area contributed by atoms with E-state index in [2.05, 4.69) is 20.8 Å². The van der Waals surface area contributed by atoms with Crippen LogP contribution in [-0.2, 0) is 0 Å². The molecular formula is C17H32. The molecule has 0 radical (unpaired) electrons. The van der Waals surface area contributed by atoms with Crippen LogP contribution in [0.2, 0.25) is 0 Å². The molecule has 0 aromatic rings. The van der Waals surface area contributed by atoms with Gasteiger partial charge < -0.3 is 0 Å². The number of rotatable bonds is 7. The predicted molar refractivity (Wildman–Crippen MR) is 76.1 cm³/mol. The van der Waals surface area contributed by atoms with Crippen molar-refractivity contribution in [3.8, 4) is 0 Å². The summed E-state index contributed by atoms with van der Waals surface area (Å²) < 4.78 is 0. The Labute approximate surface area is 109 Å². The molecule has 3 aliphatic rings. The first-order chi connectivity index (χ1) is 8.16. The molecule has 0 heteroatoms. The van der Waals surface area contributed by atoms with Crippen molar-refractivity contribution in [3.05, 3.63) is 0 Å². The van der Waals surface area contributed by atoms with Gasteiger partial charge in [0.25, 0.3) is 0 Å². The SMILES string of the molecule is CCCCCCCCC1CC[C@H]2C[C@@H]1C2(C)C. The number of hydrogen-bond acceptors (Lipinski definition) is 0. The highest BCUT2D eigenvalue weighted by molar-refractivity contribution is 5.02. The van der Waals surface area contributed by atoms with E-state index in [0.717, 1.165) is 17.8 Å². The van der Waals surface area contributed by atoms with E-state index in [-0.39, 0.29) is 0 Å². The van der Waals surface area contributed by atoms with Gasteiger partial charge in [0.15, 0.2) is 0 Å². The van der Waals surface area contributed by atoms with Crippen molar-refractivity contribution in [1.82, 2.24) is 0 Å². The Balaban J connectivity index is 1.60. The molecule has 3 saturated carbocycles. The topological polar surface area (TPSA) is 0 Å². The van der Waals surface area contributed by atoms with Crippen molar-refractivity contribution in [3.63, 3.8) is 0 Å². The van der Waals surface area contributed by atoms with Gasteiger partial charge in [0.05, 0.1) is 0 Å². The van der Waals surface area contributed by atoms with Crippen molar-refractivity contribution in [2.75, 3.05) is 0 Å². The third kappa shape index (κ3) is 2.88. The molecule has 0 aromatic carbocycles. The summed E-state index contributed by atoms with van der Waals surface area (Å²) in [7, 11) is 0. The van der Waals surface area contributed by atoms with Crippen molar-refractivity contribution in [1.29, 1.82) is 0 Å². The minimum atomic E-state index is 0.700. The minimum Gasteiger partial charge on any atom is -0.0654 e. The third-order valence-corrected chi connectivity index (χ3v) is 5.93. The summed E-state index contributed by atoms with van der Waals surface area (Å²) in [5.41, 5.74) is 0.700. The van der Waals surface area contributed by atoms with E-state index >= 15 is 0 Å². The summed E-state index contributed by atoms with van der Waals surface area (Å²) in [5.74, 6) is 3.24. The fourth-order valence-electron chi connectivity index (χ4n) is 4.49. The van der Waals surface area contributed by atoms with Crippen LogP contribution in [0.4, 0.5) is 0 Å². The van der Waals surface area contributed by atoms with Crippen LogP contribution in [0.25, 0.3) is 0 Å². The van der Waals surface area contributed by atoms with Gasteiger partial charge in [-0.2, -0.15) is 0 Å². The maximum absolute atomic E-state index is 2.53. The standard InChI is InChI=1S/C17H32/c1-4-5-6-7-8-9-10-14-11-12-15-13-16(14)17(15,2)3/h14-16H,4-13H2,1-3H3/t14?,15-,16-/m0/s1. The second-order valence-corrected chi connectivity index (χ2v) is 7.25. The molecule has 0 spiro atoms. The smallest absolute Gasteiger partial charge is 0.0295 e. The van der Waals surface area contributed by atoms with E-state index in [4.69, 9.17) is 0 Å². The van der Waals surface area contributed by atoms with E-state index in [0.29, 0.717) is 5.41 Å². The fraction of sp³-hybridized carbons (Fsp3) is 1.00. The lowest BCUT2D eigenvalue weighted by Gasteiger charge is -2.60. The molecule has 0 saturated heterocycles. The van der Waals surface area contributed by atoms with Crippen LogP contribution in [0.3, 0.4) is 0 Å². The molecular weight excluding hydrogens is 204 g/mol. The van der Waals surface area contributed by atoms with Crippen LogP contribution < -0.4 is 0 Å². The summed E-state index contributed by atoms with van der Waals surface area (Å²) in [5, 5.41) is 0. The van der Waals surface area contributed by atoms with Crippen LogP contribution in [0.5, 0.6) is 0 Å². The third-order valence-electron chi connectivity index (χ3n) is 5.93. The van der Waals surface area contributed by atoms with Gasteiger partial charge in [-0.15, -0.1) is 0 Å². The van der Waals surface area contributed by atoms with Gasteiger partial charge in [0.2, 0.25) is 0 Å². The highest BCUT2D eigenvalue weighted by Gasteiger charge is 2.53. The second-order valence-electron chi connectivity index (χ2n) is 7.25. The molecule has 0 amide bonds.